The highest BCUT2D eigenvalue weighted by Gasteiger charge is 2.27. The fourth-order valence-electron chi connectivity index (χ4n) is 8.60. The molecule has 6 bridgehead atoms. The van der Waals surface area contributed by atoms with E-state index in [2.05, 4.69) is 195 Å². The third-order valence-electron chi connectivity index (χ3n) is 11.6. The Morgan fingerprint density at radius 3 is 1.28 bits per heavy atom. The van der Waals surface area contributed by atoms with Crippen molar-refractivity contribution in [2.75, 3.05) is 14.7 Å². The molecule has 0 saturated carbocycles. The number of aryl methyl sites for hydroxylation is 2. The van der Waals surface area contributed by atoms with Crippen LogP contribution in [-0.4, -0.2) is 0 Å². The first-order valence-corrected chi connectivity index (χ1v) is 19.6. The molecule has 1 heterocycles. The Kier molecular flexibility index (Phi) is 7.85. The molecular formula is C53H42N4. The van der Waals surface area contributed by atoms with Crippen molar-refractivity contribution in [1.82, 2.24) is 0 Å². The standard InChI is InChI=1S/C53H42N4/c1-34-12-20-41(21-13-34)56-45-10-6-8-43(30-45)55(40-24-16-36(33-54)17-25-40)44-9-7-11-46(31-44)57(42-22-14-35(2)15-23-42)50-32-49(56)47-26-18-37-28-39(53(3,4)5)29-38-19-27-48(50)52(47)51(37)38/h6-32H,1-5H3. The van der Waals surface area contributed by atoms with Crippen LogP contribution in [0.4, 0.5) is 51.2 Å². The third-order valence-corrected chi connectivity index (χ3v) is 11.6. The lowest BCUT2D eigenvalue weighted by Gasteiger charge is -2.35. The van der Waals surface area contributed by atoms with Gasteiger partial charge in [0.15, 0.2) is 0 Å². The average molecular weight is 735 g/mol. The van der Waals surface area contributed by atoms with Crippen LogP contribution in [0.2, 0.25) is 0 Å². The van der Waals surface area contributed by atoms with Gasteiger partial charge in [0.25, 0.3) is 0 Å². The molecule has 0 aliphatic carbocycles. The maximum Gasteiger partial charge on any atom is 0.0991 e. The number of rotatable bonds is 3. The molecule has 0 spiro atoms. The first kappa shape index (κ1) is 34.4. The van der Waals surface area contributed by atoms with Gasteiger partial charge < -0.3 is 14.7 Å². The Morgan fingerprint density at radius 1 is 0.421 bits per heavy atom. The molecule has 9 aromatic rings. The fraction of sp³-hybridized carbons (Fsp3) is 0.113. The van der Waals surface area contributed by atoms with E-state index in [1.807, 2.05) is 24.3 Å². The van der Waals surface area contributed by atoms with Gasteiger partial charge in [0.2, 0.25) is 0 Å². The summed E-state index contributed by atoms with van der Waals surface area (Å²) >= 11 is 0. The molecule has 0 amide bonds. The van der Waals surface area contributed by atoms with Gasteiger partial charge in [-0.25, -0.2) is 0 Å². The van der Waals surface area contributed by atoms with Gasteiger partial charge in [0, 0.05) is 56.0 Å². The maximum absolute atomic E-state index is 9.69. The molecular weight excluding hydrogens is 693 g/mol. The molecule has 4 nitrogen and oxygen atoms in total. The normalized spacial score (nSPS) is 12.9. The van der Waals surface area contributed by atoms with Crippen molar-refractivity contribution in [2.24, 2.45) is 0 Å². The molecule has 0 unspecified atom stereocenters. The van der Waals surface area contributed by atoms with Gasteiger partial charge >= 0.3 is 0 Å². The Bertz CT molecular complexity index is 2860. The number of anilines is 9. The topological polar surface area (TPSA) is 33.5 Å². The van der Waals surface area contributed by atoms with Gasteiger partial charge in [-0.1, -0.05) is 105 Å². The highest BCUT2D eigenvalue weighted by Crippen LogP contribution is 2.52. The van der Waals surface area contributed by atoms with E-state index in [-0.39, 0.29) is 5.41 Å². The summed E-state index contributed by atoms with van der Waals surface area (Å²) in [6, 6.07) is 62.1. The van der Waals surface area contributed by atoms with Crippen LogP contribution in [0.25, 0.3) is 32.3 Å². The summed E-state index contributed by atoms with van der Waals surface area (Å²) in [5.74, 6) is 0. The van der Waals surface area contributed by atoms with Gasteiger partial charge in [-0.05, 0) is 132 Å². The molecule has 9 aromatic carbocycles. The van der Waals surface area contributed by atoms with Crippen LogP contribution >= 0.6 is 0 Å². The van der Waals surface area contributed by atoms with Crippen LogP contribution in [0, 0.1) is 25.2 Å². The van der Waals surface area contributed by atoms with E-state index in [0.29, 0.717) is 5.56 Å². The summed E-state index contributed by atoms with van der Waals surface area (Å²) < 4.78 is 0. The fourth-order valence-corrected chi connectivity index (χ4v) is 8.60. The van der Waals surface area contributed by atoms with Gasteiger partial charge in [-0.3, -0.25) is 0 Å². The van der Waals surface area contributed by atoms with E-state index in [4.69, 9.17) is 0 Å². The minimum atomic E-state index is 0.0146. The molecule has 274 valence electrons. The molecule has 0 fully saturated rings. The van der Waals surface area contributed by atoms with Crippen molar-refractivity contribution in [3.63, 3.8) is 0 Å². The SMILES string of the molecule is Cc1ccc(N2c3cccc(c3)N(c3ccc(C#N)cc3)c3cccc(c3)N(c3ccc(C)cc3)c3cc2c2ccc4cc(C(C)(C)C)cc5ccc3c2c45)cc1. The minimum absolute atomic E-state index is 0.0146. The lowest BCUT2D eigenvalue weighted by atomic mass is 9.83. The molecule has 0 radical (unpaired) electrons. The van der Waals surface area contributed by atoms with E-state index in [1.165, 1.54) is 49.0 Å². The first-order valence-electron chi connectivity index (χ1n) is 19.6. The number of benzene rings is 9. The summed E-state index contributed by atoms with van der Waals surface area (Å²) in [6.07, 6.45) is 0. The predicted molar refractivity (Wildman–Crippen MR) is 241 cm³/mol. The molecule has 10 rings (SSSR count). The molecule has 0 atom stereocenters. The molecule has 57 heavy (non-hydrogen) atoms. The van der Waals surface area contributed by atoms with Crippen molar-refractivity contribution >= 4 is 83.5 Å². The number of nitrogens with zero attached hydrogens (tertiary/aromatic N) is 4. The first-order chi connectivity index (χ1) is 27.6. The van der Waals surface area contributed by atoms with E-state index >= 15 is 0 Å². The Hall–Kier alpha value is -7.09. The summed E-state index contributed by atoms with van der Waals surface area (Å²) in [6.45, 7) is 11.2. The number of hydrogen-bond donors (Lipinski definition) is 0. The van der Waals surface area contributed by atoms with Crippen molar-refractivity contribution in [1.29, 1.82) is 5.26 Å². The lowest BCUT2D eigenvalue weighted by molar-refractivity contribution is 0.591. The molecule has 1 aliphatic rings. The van der Waals surface area contributed by atoms with Crippen molar-refractivity contribution in [2.45, 2.75) is 40.0 Å². The summed E-state index contributed by atoms with van der Waals surface area (Å²) in [5, 5.41) is 17.1. The van der Waals surface area contributed by atoms with E-state index in [0.717, 1.165) is 51.2 Å². The third kappa shape index (κ3) is 5.74. The molecule has 1 aliphatic heterocycles. The largest absolute Gasteiger partial charge is 0.310 e. The Morgan fingerprint density at radius 2 is 0.842 bits per heavy atom. The van der Waals surface area contributed by atoms with E-state index in [9.17, 15) is 5.26 Å². The number of hydrogen-bond acceptors (Lipinski definition) is 4. The molecule has 4 heteroatoms. The summed E-state index contributed by atoms with van der Waals surface area (Å²) in [5.41, 5.74) is 13.9. The van der Waals surface area contributed by atoms with E-state index < -0.39 is 0 Å². The van der Waals surface area contributed by atoms with Crippen molar-refractivity contribution in [3.05, 3.63) is 186 Å². The second kappa shape index (κ2) is 13.0. The Balaban J connectivity index is 1.37. The van der Waals surface area contributed by atoms with Crippen molar-refractivity contribution < 1.29 is 0 Å². The smallest absolute Gasteiger partial charge is 0.0991 e. The minimum Gasteiger partial charge on any atom is -0.310 e. The molecule has 0 aromatic heterocycles. The van der Waals surface area contributed by atoms with Crippen LogP contribution in [0.1, 0.15) is 43.0 Å². The van der Waals surface area contributed by atoms with Crippen LogP contribution in [0.5, 0.6) is 0 Å². The second-order valence-electron chi connectivity index (χ2n) is 16.4. The lowest BCUT2D eigenvalue weighted by Crippen LogP contribution is -2.17. The van der Waals surface area contributed by atoms with Crippen LogP contribution in [0.15, 0.2) is 164 Å². The quantitative estimate of drug-likeness (QED) is 0.169. The summed E-state index contributed by atoms with van der Waals surface area (Å²) in [7, 11) is 0. The number of fused-ring (bicyclic) bond motifs is 8. The van der Waals surface area contributed by atoms with Gasteiger partial charge in [0.05, 0.1) is 23.0 Å². The predicted octanol–water partition coefficient (Wildman–Crippen LogP) is 15.1. The van der Waals surface area contributed by atoms with Gasteiger partial charge in [-0.2, -0.15) is 5.26 Å². The molecule has 0 saturated heterocycles. The van der Waals surface area contributed by atoms with Crippen LogP contribution in [-0.2, 0) is 5.41 Å². The highest BCUT2D eigenvalue weighted by atomic mass is 15.2. The van der Waals surface area contributed by atoms with Crippen LogP contribution in [0.3, 0.4) is 0 Å². The van der Waals surface area contributed by atoms with E-state index in [1.54, 1.807) is 0 Å². The zero-order valence-electron chi connectivity index (χ0n) is 32.9. The second-order valence-corrected chi connectivity index (χ2v) is 16.4. The average Bonchev–Trinajstić information content (AvgIpc) is 3.22. The van der Waals surface area contributed by atoms with Gasteiger partial charge in [-0.15, -0.1) is 0 Å². The molecule has 0 N–H and O–H groups in total. The number of nitriles is 1. The summed E-state index contributed by atoms with van der Waals surface area (Å²) in [4.78, 5) is 7.15. The highest BCUT2D eigenvalue weighted by molar-refractivity contribution is 6.29. The van der Waals surface area contributed by atoms with Gasteiger partial charge in [0.1, 0.15) is 0 Å². The zero-order valence-corrected chi connectivity index (χ0v) is 32.9. The monoisotopic (exact) mass is 734 g/mol. The zero-order chi connectivity index (χ0) is 39.0. The van der Waals surface area contributed by atoms with Crippen LogP contribution < -0.4 is 14.7 Å². The van der Waals surface area contributed by atoms with Crippen molar-refractivity contribution in [3.8, 4) is 6.07 Å². The maximum atomic E-state index is 9.69. The Labute approximate surface area is 334 Å².